The van der Waals surface area contributed by atoms with Crippen molar-refractivity contribution in [1.29, 1.82) is 0 Å². The first-order chi connectivity index (χ1) is 12.7. The van der Waals surface area contributed by atoms with Crippen LogP contribution in [0.25, 0.3) is 0 Å². The maximum absolute atomic E-state index is 12.6. The lowest BCUT2D eigenvalue weighted by molar-refractivity contribution is 0.0315. The average Bonchev–Trinajstić information content (AvgIpc) is 2.65. The standard InChI is InChI=1S/C22H26O5/c1-14(19(23)15-10-12-16(13-11-15)22(2,3)4)27-21(24)17-8-7-9-18(25-5)20(17)26-6/h7-14H,1-6H3/t14-/m0/s1. The van der Waals surface area contributed by atoms with Gasteiger partial charge in [0.15, 0.2) is 17.6 Å². The van der Waals surface area contributed by atoms with Gasteiger partial charge in [0.1, 0.15) is 5.56 Å². The van der Waals surface area contributed by atoms with Gasteiger partial charge >= 0.3 is 5.97 Å². The summed E-state index contributed by atoms with van der Waals surface area (Å²) in [7, 11) is 2.93. The largest absolute Gasteiger partial charge is 0.493 e. The van der Waals surface area contributed by atoms with E-state index in [2.05, 4.69) is 20.8 Å². The van der Waals surface area contributed by atoms with Gasteiger partial charge in [-0.2, -0.15) is 0 Å². The Morgan fingerprint density at radius 2 is 1.56 bits per heavy atom. The first-order valence-electron chi connectivity index (χ1n) is 8.75. The summed E-state index contributed by atoms with van der Waals surface area (Å²) >= 11 is 0. The van der Waals surface area contributed by atoms with E-state index < -0.39 is 12.1 Å². The normalized spacial score (nSPS) is 12.2. The monoisotopic (exact) mass is 370 g/mol. The van der Waals surface area contributed by atoms with E-state index in [0.717, 1.165) is 5.56 Å². The minimum Gasteiger partial charge on any atom is -0.493 e. The molecule has 0 unspecified atom stereocenters. The van der Waals surface area contributed by atoms with Gasteiger partial charge in [-0.1, -0.05) is 51.1 Å². The van der Waals surface area contributed by atoms with Gasteiger partial charge in [-0.15, -0.1) is 0 Å². The summed E-state index contributed by atoms with van der Waals surface area (Å²) in [5, 5.41) is 0. The Morgan fingerprint density at radius 3 is 2.07 bits per heavy atom. The van der Waals surface area contributed by atoms with Gasteiger partial charge in [-0.25, -0.2) is 4.79 Å². The summed E-state index contributed by atoms with van der Waals surface area (Å²) in [5.74, 6) is -0.202. The quantitative estimate of drug-likeness (QED) is 0.556. The van der Waals surface area contributed by atoms with Gasteiger partial charge in [0.25, 0.3) is 0 Å². The summed E-state index contributed by atoms with van der Waals surface area (Å²) in [5.41, 5.74) is 1.84. The third kappa shape index (κ3) is 4.67. The lowest BCUT2D eigenvalue weighted by Gasteiger charge is -2.19. The van der Waals surface area contributed by atoms with E-state index in [4.69, 9.17) is 14.2 Å². The van der Waals surface area contributed by atoms with Crippen LogP contribution in [-0.2, 0) is 10.2 Å². The highest BCUT2D eigenvalue weighted by molar-refractivity contribution is 6.02. The van der Waals surface area contributed by atoms with Gasteiger partial charge in [0.05, 0.1) is 14.2 Å². The number of Topliss-reactive ketones (excluding diaryl/α,β-unsaturated/α-hetero) is 1. The number of rotatable bonds is 6. The molecule has 1 atom stereocenters. The van der Waals surface area contributed by atoms with Crippen molar-refractivity contribution >= 4 is 11.8 Å². The van der Waals surface area contributed by atoms with Crippen molar-refractivity contribution in [3.63, 3.8) is 0 Å². The minimum atomic E-state index is -0.922. The van der Waals surface area contributed by atoms with Crippen LogP contribution in [0.2, 0.25) is 0 Å². The van der Waals surface area contributed by atoms with Gasteiger partial charge < -0.3 is 14.2 Å². The molecular weight excluding hydrogens is 344 g/mol. The van der Waals surface area contributed by atoms with Crippen LogP contribution in [-0.4, -0.2) is 32.1 Å². The number of ether oxygens (including phenoxy) is 3. The maximum Gasteiger partial charge on any atom is 0.342 e. The SMILES string of the molecule is COc1cccc(C(=O)O[C@@H](C)C(=O)c2ccc(C(C)(C)C)cc2)c1OC. The van der Waals surface area contributed by atoms with E-state index >= 15 is 0 Å². The Bertz CT molecular complexity index is 816. The molecule has 0 saturated heterocycles. The van der Waals surface area contributed by atoms with Crippen LogP contribution < -0.4 is 9.47 Å². The highest BCUT2D eigenvalue weighted by Crippen LogP contribution is 2.31. The zero-order valence-corrected chi connectivity index (χ0v) is 16.7. The first-order valence-corrected chi connectivity index (χ1v) is 8.75. The van der Waals surface area contributed by atoms with Crippen molar-refractivity contribution in [2.45, 2.75) is 39.2 Å². The molecule has 0 N–H and O–H groups in total. The Balaban J connectivity index is 2.16. The maximum atomic E-state index is 12.6. The second-order valence-electron chi connectivity index (χ2n) is 7.28. The van der Waals surface area contributed by atoms with E-state index in [-0.39, 0.29) is 22.5 Å². The van der Waals surface area contributed by atoms with Crippen LogP contribution in [0.5, 0.6) is 11.5 Å². The van der Waals surface area contributed by atoms with E-state index in [1.807, 2.05) is 12.1 Å². The van der Waals surface area contributed by atoms with Crippen molar-refractivity contribution in [1.82, 2.24) is 0 Å². The predicted octanol–water partition coefficient (Wildman–Crippen LogP) is 4.43. The lowest BCUT2D eigenvalue weighted by Crippen LogP contribution is -2.25. The van der Waals surface area contributed by atoms with Crippen molar-refractivity contribution in [3.8, 4) is 11.5 Å². The third-order valence-corrected chi connectivity index (χ3v) is 4.31. The van der Waals surface area contributed by atoms with Gasteiger partial charge in [-0.05, 0) is 30.0 Å². The number of carbonyl (C=O) groups excluding carboxylic acids is 2. The Kier molecular flexibility index (Phi) is 6.26. The number of methoxy groups -OCH3 is 2. The van der Waals surface area contributed by atoms with Crippen molar-refractivity contribution in [3.05, 3.63) is 59.2 Å². The van der Waals surface area contributed by atoms with Crippen LogP contribution in [0.3, 0.4) is 0 Å². The fourth-order valence-electron chi connectivity index (χ4n) is 2.69. The molecule has 2 rings (SSSR count). The zero-order chi connectivity index (χ0) is 20.2. The van der Waals surface area contributed by atoms with Gasteiger partial charge in [-0.3, -0.25) is 4.79 Å². The molecule has 0 fully saturated rings. The molecule has 0 radical (unpaired) electrons. The average molecular weight is 370 g/mol. The Hall–Kier alpha value is -2.82. The number of ketones is 1. The van der Waals surface area contributed by atoms with Crippen molar-refractivity contribution < 1.29 is 23.8 Å². The van der Waals surface area contributed by atoms with E-state index in [9.17, 15) is 9.59 Å². The third-order valence-electron chi connectivity index (χ3n) is 4.31. The molecule has 0 amide bonds. The van der Waals surface area contributed by atoms with Crippen LogP contribution >= 0.6 is 0 Å². The van der Waals surface area contributed by atoms with E-state index in [1.165, 1.54) is 14.2 Å². The number of esters is 1. The molecule has 0 aliphatic rings. The second kappa shape index (κ2) is 8.25. The fraction of sp³-hybridized carbons (Fsp3) is 0.364. The topological polar surface area (TPSA) is 61.8 Å². The van der Waals surface area contributed by atoms with Crippen LogP contribution in [0.15, 0.2) is 42.5 Å². The molecule has 0 aromatic heterocycles. The minimum absolute atomic E-state index is 0.00256. The molecule has 0 heterocycles. The predicted molar refractivity (Wildman–Crippen MR) is 104 cm³/mol. The summed E-state index contributed by atoms with van der Waals surface area (Å²) < 4.78 is 15.8. The molecule has 2 aromatic rings. The van der Waals surface area contributed by atoms with Gasteiger partial charge in [0, 0.05) is 5.56 Å². The summed E-state index contributed by atoms with van der Waals surface area (Å²) in [4.78, 5) is 25.1. The first kappa shape index (κ1) is 20.5. The Morgan fingerprint density at radius 1 is 0.926 bits per heavy atom. The van der Waals surface area contributed by atoms with E-state index in [0.29, 0.717) is 11.3 Å². The molecule has 2 aromatic carbocycles. The van der Waals surface area contributed by atoms with Crippen LogP contribution in [0.4, 0.5) is 0 Å². The Labute approximate surface area is 160 Å². The summed E-state index contributed by atoms with van der Waals surface area (Å²) in [6.07, 6.45) is -0.922. The zero-order valence-electron chi connectivity index (χ0n) is 16.7. The molecule has 0 aliphatic heterocycles. The van der Waals surface area contributed by atoms with Crippen LogP contribution in [0.1, 0.15) is 54.0 Å². The number of hydrogen-bond donors (Lipinski definition) is 0. The lowest BCUT2D eigenvalue weighted by atomic mass is 9.86. The number of hydrogen-bond acceptors (Lipinski definition) is 5. The van der Waals surface area contributed by atoms with Gasteiger partial charge in [0.2, 0.25) is 5.78 Å². The van der Waals surface area contributed by atoms with Crippen LogP contribution in [0, 0.1) is 0 Å². The molecular formula is C22H26O5. The number of para-hydroxylation sites is 1. The fourth-order valence-corrected chi connectivity index (χ4v) is 2.69. The molecule has 144 valence electrons. The highest BCUT2D eigenvalue weighted by atomic mass is 16.6. The summed E-state index contributed by atoms with van der Waals surface area (Å²) in [6, 6.07) is 12.3. The molecule has 0 saturated carbocycles. The molecule has 27 heavy (non-hydrogen) atoms. The van der Waals surface area contributed by atoms with Crippen molar-refractivity contribution in [2.75, 3.05) is 14.2 Å². The smallest absolute Gasteiger partial charge is 0.342 e. The molecule has 5 nitrogen and oxygen atoms in total. The second-order valence-corrected chi connectivity index (χ2v) is 7.28. The van der Waals surface area contributed by atoms with Crippen molar-refractivity contribution in [2.24, 2.45) is 0 Å². The highest BCUT2D eigenvalue weighted by Gasteiger charge is 2.24. The van der Waals surface area contributed by atoms with E-state index in [1.54, 1.807) is 37.3 Å². The number of benzene rings is 2. The molecule has 0 bridgehead atoms. The molecule has 0 aliphatic carbocycles. The summed E-state index contributed by atoms with van der Waals surface area (Å²) in [6.45, 7) is 7.88. The number of carbonyl (C=O) groups is 2. The molecule has 0 spiro atoms. The molecule has 5 heteroatoms.